The highest BCUT2D eigenvalue weighted by Crippen LogP contribution is 2.20. The van der Waals surface area contributed by atoms with Gasteiger partial charge in [-0.25, -0.2) is 4.98 Å². The highest BCUT2D eigenvalue weighted by Gasteiger charge is 2.07. The Morgan fingerprint density at radius 3 is 2.88 bits per heavy atom. The number of anilines is 1. The molecule has 0 radical (unpaired) electrons. The lowest BCUT2D eigenvalue weighted by molar-refractivity contribution is 0.196. The third kappa shape index (κ3) is 4.93. The van der Waals surface area contributed by atoms with Gasteiger partial charge in [-0.2, -0.15) is 4.98 Å². The molecule has 17 heavy (non-hydrogen) atoms. The van der Waals surface area contributed by atoms with E-state index in [1.54, 1.807) is 7.11 Å². The highest BCUT2D eigenvalue weighted by atomic mass is 35.5. The molecule has 0 aromatic carbocycles. The van der Waals surface area contributed by atoms with E-state index in [-0.39, 0.29) is 11.4 Å². The zero-order chi connectivity index (χ0) is 12.7. The summed E-state index contributed by atoms with van der Waals surface area (Å²) in [6.45, 7) is 1.17. The molecule has 1 aromatic heterocycles. The second-order valence-electron chi connectivity index (χ2n) is 3.32. The molecule has 0 amide bonds. The van der Waals surface area contributed by atoms with Gasteiger partial charge in [-0.15, -0.1) is 11.6 Å². The van der Waals surface area contributed by atoms with Crippen molar-refractivity contribution in [3.8, 4) is 6.01 Å². The fourth-order valence-electron chi connectivity index (χ4n) is 1.18. The summed E-state index contributed by atoms with van der Waals surface area (Å²) < 4.78 is 9.84. The first kappa shape index (κ1) is 14.3. The standard InChI is InChI=1S/C10H15Cl2N3O2/c1-16-6-7(11)3-4-13-9-8(12)5-14-10(15-9)17-2/h5,7H,3-4,6H2,1-2H3,(H,13,14,15). The second-order valence-corrected chi connectivity index (χ2v) is 4.35. The summed E-state index contributed by atoms with van der Waals surface area (Å²) in [5.74, 6) is 0.541. The van der Waals surface area contributed by atoms with E-state index in [1.165, 1.54) is 13.3 Å². The van der Waals surface area contributed by atoms with Crippen LogP contribution in [0, 0.1) is 0 Å². The largest absolute Gasteiger partial charge is 0.467 e. The summed E-state index contributed by atoms with van der Waals surface area (Å²) in [6, 6.07) is 0.274. The van der Waals surface area contributed by atoms with Gasteiger partial charge < -0.3 is 14.8 Å². The minimum Gasteiger partial charge on any atom is -0.467 e. The zero-order valence-electron chi connectivity index (χ0n) is 9.74. The van der Waals surface area contributed by atoms with E-state index in [4.69, 9.17) is 32.7 Å². The molecule has 7 heteroatoms. The van der Waals surface area contributed by atoms with Crippen LogP contribution in [0.3, 0.4) is 0 Å². The molecule has 1 aromatic rings. The molecule has 0 aliphatic rings. The molecule has 1 rings (SSSR count). The molecule has 1 N–H and O–H groups in total. The summed E-state index contributed by atoms with van der Waals surface area (Å²) in [7, 11) is 3.12. The molecule has 0 saturated carbocycles. The van der Waals surface area contributed by atoms with E-state index < -0.39 is 0 Å². The van der Waals surface area contributed by atoms with Crippen LogP contribution in [-0.2, 0) is 4.74 Å². The van der Waals surface area contributed by atoms with Crippen molar-refractivity contribution in [3.05, 3.63) is 11.2 Å². The van der Waals surface area contributed by atoms with Crippen molar-refractivity contribution in [1.29, 1.82) is 0 Å². The minimum atomic E-state index is -0.0324. The normalized spacial score (nSPS) is 12.2. The summed E-state index contributed by atoms with van der Waals surface area (Å²) in [5.41, 5.74) is 0. The predicted molar refractivity (Wildman–Crippen MR) is 68.2 cm³/mol. The fourth-order valence-corrected chi connectivity index (χ4v) is 1.58. The Kier molecular flexibility index (Phi) is 6.32. The first-order valence-corrected chi connectivity index (χ1v) is 5.92. The number of aromatic nitrogens is 2. The molecule has 0 fully saturated rings. The van der Waals surface area contributed by atoms with Gasteiger partial charge in [-0.05, 0) is 6.42 Å². The molecule has 0 bridgehead atoms. The Morgan fingerprint density at radius 2 is 2.24 bits per heavy atom. The molecule has 0 aliphatic heterocycles. The molecule has 1 atom stereocenters. The highest BCUT2D eigenvalue weighted by molar-refractivity contribution is 6.32. The zero-order valence-corrected chi connectivity index (χ0v) is 11.3. The molecule has 1 unspecified atom stereocenters. The van der Waals surface area contributed by atoms with Crippen LogP contribution in [0.25, 0.3) is 0 Å². The Labute approximate surface area is 110 Å². The maximum atomic E-state index is 5.99. The Balaban J connectivity index is 2.45. The van der Waals surface area contributed by atoms with Crippen molar-refractivity contribution < 1.29 is 9.47 Å². The first-order chi connectivity index (χ1) is 8.17. The molecule has 0 aliphatic carbocycles. The number of hydrogen-bond donors (Lipinski definition) is 1. The maximum Gasteiger partial charge on any atom is 0.318 e. The summed E-state index contributed by atoms with van der Waals surface area (Å²) >= 11 is 11.9. The minimum absolute atomic E-state index is 0.0324. The summed E-state index contributed by atoms with van der Waals surface area (Å²) in [4.78, 5) is 7.96. The average molecular weight is 280 g/mol. The topological polar surface area (TPSA) is 56.3 Å². The van der Waals surface area contributed by atoms with Crippen LogP contribution < -0.4 is 10.1 Å². The quantitative estimate of drug-likeness (QED) is 0.776. The van der Waals surface area contributed by atoms with Crippen molar-refractivity contribution in [2.45, 2.75) is 11.8 Å². The van der Waals surface area contributed by atoms with Crippen molar-refractivity contribution in [3.63, 3.8) is 0 Å². The Morgan fingerprint density at radius 1 is 1.47 bits per heavy atom. The van der Waals surface area contributed by atoms with Gasteiger partial charge in [-0.3, -0.25) is 0 Å². The van der Waals surface area contributed by atoms with Gasteiger partial charge in [0.2, 0.25) is 0 Å². The first-order valence-electron chi connectivity index (χ1n) is 5.10. The smallest absolute Gasteiger partial charge is 0.318 e. The number of hydrogen-bond acceptors (Lipinski definition) is 5. The number of rotatable bonds is 7. The van der Waals surface area contributed by atoms with Gasteiger partial charge in [0.15, 0.2) is 5.82 Å². The van der Waals surface area contributed by atoms with E-state index in [0.29, 0.717) is 24.0 Å². The van der Waals surface area contributed by atoms with Gasteiger partial charge in [0.05, 0.1) is 25.3 Å². The third-order valence-electron chi connectivity index (χ3n) is 2.00. The van der Waals surface area contributed by atoms with Gasteiger partial charge in [0.25, 0.3) is 0 Å². The lowest BCUT2D eigenvalue weighted by atomic mass is 10.3. The van der Waals surface area contributed by atoms with Crippen molar-refractivity contribution >= 4 is 29.0 Å². The van der Waals surface area contributed by atoms with Crippen molar-refractivity contribution in [2.24, 2.45) is 0 Å². The predicted octanol–water partition coefficient (Wildman–Crippen LogP) is 2.19. The van der Waals surface area contributed by atoms with Crippen LogP contribution in [-0.4, -0.2) is 42.7 Å². The number of methoxy groups -OCH3 is 2. The molecule has 96 valence electrons. The van der Waals surface area contributed by atoms with E-state index in [9.17, 15) is 0 Å². The van der Waals surface area contributed by atoms with Crippen LogP contribution >= 0.6 is 23.2 Å². The van der Waals surface area contributed by atoms with Crippen LogP contribution in [0.4, 0.5) is 5.82 Å². The number of ether oxygens (including phenoxy) is 2. The number of alkyl halides is 1. The van der Waals surface area contributed by atoms with Crippen LogP contribution in [0.15, 0.2) is 6.20 Å². The van der Waals surface area contributed by atoms with Gasteiger partial charge >= 0.3 is 6.01 Å². The van der Waals surface area contributed by atoms with Crippen molar-refractivity contribution in [2.75, 3.05) is 32.7 Å². The molecular formula is C10H15Cl2N3O2. The molecule has 1 heterocycles. The van der Waals surface area contributed by atoms with Gasteiger partial charge in [0, 0.05) is 13.7 Å². The molecule has 0 spiro atoms. The third-order valence-corrected chi connectivity index (χ3v) is 2.62. The van der Waals surface area contributed by atoms with Crippen LogP contribution in [0.1, 0.15) is 6.42 Å². The second kappa shape index (κ2) is 7.53. The molecule has 5 nitrogen and oxygen atoms in total. The monoisotopic (exact) mass is 279 g/mol. The lowest BCUT2D eigenvalue weighted by Crippen LogP contribution is -2.14. The van der Waals surface area contributed by atoms with Crippen molar-refractivity contribution in [1.82, 2.24) is 9.97 Å². The Bertz CT molecular complexity index is 352. The summed E-state index contributed by atoms with van der Waals surface area (Å²) in [6.07, 6.45) is 2.24. The van der Waals surface area contributed by atoms with E-state index in [2.05, 4.69) is 15.3 Å². The number of nitrogens with one attached hydrogen (secondary N) is 1. The molecular weight excluding hydrogens is 265 g/mol. The van der Waals surface area contributed by atoms with E-state index in [0.717, 1.165) is 6.42 Å². The lowest BCUT2D eigenvalue weighted by Gasteiger charge is -2.10. The van der Waals surface area contributed by atoms with Crippen LogP contribution in [0.5, 0.6) is 6.01 Å². The summed E-state index contributed by atoms with van der Waals surface area (Å²) in [5, 5.41) is 3.49. The molecule has 0 saturated heterocycles. The average Bonchev–Trinajstić information content (AvgIpc) is 2.32. The maximum absolute atomic E-state index is 5.99. The van der Waals surface area contributed by atoms with E-state index in [1.807, 2.05) is 0 Å². The number of nitrogens with zero attached hydrogens (tertiary/aromatic N) is 2. The number of halogens is 2. The fraction of sp³-hybridized carbons (Fsp3) is 0.600. The van der Waals surface area contributed by atoms with E-state index >= 15 is 0 Å². The Hall–Kier alpha value is -0.780. The SMILES string of the molecule is COCC(Cl)CCNc1nc(OC)ncc1Cl. The van der Waals surface area contributed by atoms with Crippen LogP contribution in [0.2, 0.25) is 5.02 Å². The van der Waals surface area contributed by atoms with Gasteiger partial charge in [0.1, 0.15) is 5.02 Å². The van der Waals surface area contributed by atoms with Gasteiger partial charge in [-0.1, -0.05) is 11.6 Å².